The van der Waals surface area contributed by atoms with Crippen LogP contribution in [0.4, 0.5) is 0 Å². The Hall–Kier alpha value is -0.710. The van der Waals surface area contributed by atoms with Gasteiger partial charge in [0.1, 0.15) is 0 Å². The average Bonchev–Trinajstić information content (AvgIpc) is 2.27. The second-order valence-electron chi connectivity index (χ2n) is 4.26. The molecule has 0 aromatic carbocycles. The zero-order valence-corrected chi connectivity index (χ0v) is 9.50. The van der Waals surface area contributed by atoms with E-state index in [1.54, 1.807) is 0 Å². The van der Waals surface area contributed by atoms with Crippen molar-refractivity contribution in [2.45, 2.75) is 25.3 Å². The topological polar surface area (TPSA) is 49.4 Å². The lowest BCUT2D eigenvalue weighted by Crippen LogP contribution is -2.55. The molecular weight excluding hydrogens is 212 g/mol. The first-order valence-corrected chi connectivity index (χ1v) is 6.02. The minimum atomic E-state index is 0.105. The van der Waals surface area contributed by atoms with Crippen LogP contribution in [0.2, 0.25) is 0 Å². The number of rotatable bonds is 1. The summed E-state index contributed by atoms with van der Waals surface area (Å²) in [4.78, 5) is 24.5. The third-order valence-electron chi connectivity index (χ3n) is 3.31. The number of hydrogen-bond acceptors (Lipinski definition) is 3. The second-order valence-corrected chi connectivity index (χ2v) is 4.58. The van der Waals surface area contributed by atoms with Gasteiger partial charge in [-0.25, -0.2) is 0 Å². The van der Waals surface area contributed by atoms with Gasteiger partial charge in [-0.3, -0.25) is 9.59 Å². The molecule has 84 valence electrons. The van der Waals surface area contributed by atoms with Crippen molar-refractivity contribution in [1.82, 2.24) is 10.2 Å². The SMILES string of the molecule is O=C1CCC2CN(C(=O)CS)CCC2N1. The Bertz CT molecular complexity index is 283. The molecule has 2 amide bonds. The van der Waals surface area contributed by atoms with Crippen LogP contribution < -0.4 is 5.32 Å². The van der Waals surface area contributed by atoms with Crippen molar-refractivity contribution in [2.24, 2.45) is 5.92 Å². The van der Waals surface area contributed by atoms with Crippen molar-refractivity contribution < 1.29 is 9.59 Å². The van der Waals surface area contributed by atoms with E-state index in [1.165, 1.54) is 0 Å². The van der Waals surface area contributed by atoms with Crippen LogP contribution in [-0.4, -0.2) is 41.6 Å². The largest absolute Gasteiger partial charge is 0.353 e. The molecule has 4 nitrogen and oxygen atoms in total. The van der Waals surface area contributed by atoms with Gasteiger partial charge in [-0.2, -0.15) is 12.6 Å². The summed E-state index contributed by atoms with van der Waals surface area (Å²) < 4.78 is 0. The average molecular weight is 228 g/mol. The van der Waals surface area contributed by atoms with E-state index in [4.69, 9.17) is 0 Å². The molecule has 2 atom stereocenters. The van der Waals surface area contributed by atoms with Crippen molar-refractivity contribution >= 4 is 24.4 Å². The van der Waals surface area contributed by atoms with Gasteiger partial charge < -0.3 is 10.2 Å². The van der Waals surface area contributed by atoms with Gasteiger partial charge in [-0.15, -0.1) is 0 Å². The van der Waals surface area contributed by atoms with E-state index < -0.39 is 0 Å². The standard InChI is InChI=1S/C10H16N2O2S/c13-9-2-1-7-5-12(10(14)6-15)4-3-8(7)11-9/h7-8,15H,1-6H2,(H,11,13). The third kappa shape index (κ3) is 2.27. The molecule has 15 heavy (non-hydrogen) atoms. The van der Waals surface area contributed by atoms with Crippen molar-refractivity contribution in [3.05, 3.63) is 0 Å². The number of carbonyl (C=O) groups is 2. The normalized spacial score (nSPS) is 30.7. The first kappa shape index (κ1) is 10.8. The molecule has 5 heteroatoms. The van der Waals surface area contributed by atoms with Crippen LogP contribution in [0.25, 0.3) is 0 Å². The smallest absolute Gasteiger partial charge is 0.232 e. The van der Waals surface area contributed by atoms with Crippen LogP contribution in [0.1, 0.15) is 19.3 Å². The molecule has 2 rings (SSSR count). The van der Waals surface area contributed by atoms with Gasteiger partial charge in [-0.1, -0.05) is 0 Å². The van der Waals surface area contributed by atoms with Crippen LogP contribution >= 0.6 is 12.6 Å². The van der Waals surface area contributed by atoms with Gasteiger partial charge in [0.2, 0.25) is 11.8 Å². The molecule has 0 radical (unpaired) electrons. The molecule has 0 aromatic rings. The van der Waals surface area contributed by atoms with Crippen molar-refractivity contribution in [2.75, 3.05) is 18.8 Å². The van der Waals surface area contributed by atoms with E-state index in [1.807, 2.05) is 4.90 Å². The van der Waals surface area contributed by atoms with E-state index in [9.17, 15) is 9.59 Å². The number of nitrogens with zero attached hydrogens (tertiary/aromatic N) is 1. The number of hydrogen-bond donors (Lipinski definition) is 2. The first-order valence-electron chi connectivity index (χ1n) is 5.38. The monoisotopic (exact) mass is 228 g/mol. The molecular formula is C10H16N2O2S. The highest BCUT2D eigenvalue weighted by Gasteiger charge is 2.34. The maximum absolute atomic E-state index is 11.5. The summed E-state index contributed by atoms with van der Waals surface area (Å²) >= 11 is 4.00. The second kappa shape index (κ2) is 4.43. The van der Waals surface area contributed by atoms with Crippen LogP contribution in [0, 0.1) is 5.92 Å². The van der Waals surface area contributed by atoms with Crippen LogP contribution in [0.3, 0.4) is 0 Å². The zero-order chi connectivity index (χ0) is 10.8. The molecule has 2 heterocycles. The van der Waals surface area contributed by atoms with E-state index in [-0.39, 0.29) is 23.6 Å². The van der Waals surface area contributed by atoms with Crippen molar-refractivity contribution in [3.63, 3.8) is 0 Å². The van der Waals surface area contributed by atoms with E-state index in [0.29, 0.717) is 12.3 Å². The molecule has 0 aliphatic carbocycles. The number of likely N-dealkylation sites (tertiary alicyclic amines) is 1. The molecule has 0 saturated carbocycles. The summed E-state index contributed by atoms with van der Waals surface area (Å²) in [5.74, 6) is 0.989. The quantitative estimate of drug-likeness (QED) is 0.623. The third-order valence-corrected chi connectivity index (χ3v) is 3.58. The Kier molecular flexibility index (Phi) is 3.19. The molecule has 0 aromatic heterocycles. The van der Waals surface area contributed by atoms with Gasteiger partial charge in [0.05, 0.1) is 5.75 Å². The summed E-state index contributed by atoms with van der Waals surface area (Å²) in [5, 5.41) is 3.00. The lowest BCUT2D eigenvalue weighted by molar-refractivity contribution is -0.132. The van der Waals surface area contributed by atoms with Crippen molar-refractivity contribution in [1.29, 1.82) is 0 Å². The molecule has 2 aliphatic heterocycles. The highest BCUT2D eigenvalue weighted by molar-refractivity contribution is 7.81. The molecule has 0 spiro atoms. The van der Waals surface area contributed by atoms with Crippen LogP contribution in [0.15, 0.2) is 0 Å². The number of piperidine rings is 2. The highest BCUT2D eigenvalue weighted by atomic mass is 32.1. The fourth-order valence-corrected chi connectivity index (χ4v) is 2.64. The molecule has 1 N–H and O–H groups in total. The summed E-state index contributed by atoms with van der Waals surface area (Å²) in [7, 11) is 0. The predicted octanol–water partition coefficient (Wildman–Crippen LogP) is 0.0433. The van der Waals surface area contributed by atoms with Crippen LogP contribution in [0.5, 0.6) is 0 Å². The maximum atomic E-state index is 11.5. The summed E-state index contributed by atoms with van der Waals surface area (Å²) in [6, 6.07) is 0.287. The highest BCUT2D eigenvalue weighted by Crippen LogP contribution is 2.25. The first-order chi connectivity index (χ1) is 7.20. The minimum Gasteiger partial charge on any atom is -0.353 e. The van der Waals surface area contributed by atoms with Crippen molar-refractivity contribution in [3.8, 4) is 0 Å². The summed E-state index contributed by atoms with van der Waals surface area (Å²) in [6.45, 7) is 1.53. The van der Waals surface area contributed by atoms with E-state index in [0.717, 1.165) is 25.9 Å². The zero-order valence-electron chi connectivity index (χ0n) is 8.61. The number of nitrogens with one attached hydrogen (secondary N) is 1. The fraction of sp³-hybridized carbons (Fsp3) is 0.800. The Balaban J connectivity index is 1.95. The van der Waals surface area contributed by atoms with E-state index in [2.05, 4.69) is 17.9 Å². The fourth-order valence-electron chi connectivity index (χ4n) is 2.44. The lowest BCUT2D eigenvalue weighted by atomic mass is 9.85. The molecule has 2 fully saturated rings. The summed E-state index contributed by atoms with van der Waals surface area (Å²) in [6.07, 6.45) is 2.40. The Morgan fingerprint density at radius 1 is 1.53 bits per heavy atom. The Labute approximate surface area is 94.8 Å². The van der Waals surface area contributed by atoms with Crippen LogP contribution in [-0.2, 0) is 9.59 Å². The number of thiol groups is 1. The Morgan fingerprint density at radius 2 is 2.33 bits per heavy atom. The van der Waals surface area contributed by atoms with Gasteiger partial charge in [0.25, 0.3) is 0 Å². The molecule has 2 unspecified atom stereocenters. The van der Waals surface area contributed by atoms with Gasteiger partial charge >= 0.3 is 0 Å². The van der Waals surface area contributed by atoms with E-state index >= 15 is 0 Å². The molecule has 0 bridgehead atoms. The minimum absolute atomic E-state index is 0.105. The van der Waals surface area contributed by atoms with Gasteiger partial charge in [0, 0.05) is 25.6 Å². The summed E-state index contributed by atoms with van der Waals surface area (Å²) in [5.41, 5.74) is 0. The predicted molar refractivity (Wildman–Crippen MR) is 59.7 cm³/mol. The number of carbonyl (C=O) groups excluding carboxylic acids is 2. The van der Waals surface area contributed by atoms with Gasteiger partial charge in [-0.05, 0) is 18.8 Å². The number of fused-ring (bicyclic) bond motifs is 1. The molecule has 2 aliphatic rings. The Morgan fingerprint density at radius 3 is 3.07 bits per heavy atom. The lowest BCUT2D eigenvalue weighted by Gasteiger charge is -2.41. The number of amides is 2. The maximum Gasteiger partial charge on any atom is 0.232 e. The molecule has 2 saturated heterocycles. The van der Waals surface area contributed by atoms with Gasteiger partial charge in [0.15, 0.2) is 0 Å².